The van der Waals surface area contributed by atoms with Crippen molar-refractivity contribution in [1.82, 2.24) is 9.97 Å². The van der Waals surface area contributed by atoms with Crippen molar-refractivity contribution in [3.63, 3.8) is 0 Å². The highest BCUT2D eigenvalue weighted by Crippen LogP contribution is 2.23. The van der Waals surface area contributed by atoms with Crippen molar-refractivity contribution < 1.29 is 9.47 Å². The van der Waals surface area contributed by atoms with Gasteiger partial charge in [-0.05, 0) is 13.8 Å². The van der Waals surface area contributed by atoms with Gasteiger partial charge in [-0.3, -0.25) is 5.43 Å². The molecule has 1 aromatic rings. The van der Waals surface area contributed by atoms with Crippen LogP contribution in [0.1, 0.15) is 13.8 Å². The van der Waals surface area contributed by atoms with E-state index in [-0.39, 0.29) is 0 Å². The summed E-state index contributed by atoms with van der Waals surface area (Å²) in [4.78, 5) is 10.2. The monoisotopic (exact) mass is 303 g/mol. The van der Waals surface area contributed by atoms with Gasteiger partial charge in [0, 0.05) is 26.3 Å². The molecule has 8 heteroatoms. The van der Waals surface area contributed by atoms with Crippen molar-refractivity contribution >= 4 is 23.4 Å². The van der Waals surface area contributed by atoms with Crippen LogP contribution in [0.15, 0.2) is 6.20 Å². The summed E-state index contributed by atoms with van der Waals surface area (Å²) >= 11 is 6.16. The molecular formula is C12H22ClN5O2. The van der Waals surface area contributed by atoms with E-state index >= 15 is 0 Å². The molecule has 0 radical (unpaired) electrons. The SMILES string of the molecule is CCOCCN(CCOCC)c1nc(NN)ncc1Cl. The first-order chi connectivity index (χ1) is 9.72. The summed E-state index contributed by atoms with van der Waals surface area (Å²) in [6, 6.07) is 0. The third kappa shape index (κ3) is 5.46. The summed E-state index contributed by atoms with van der Waals surface area (Å²) in [6.07, 6.45) is 1.52. The largest absolute Gasteiger partial charge is 0.380 e. The summed E-state index contributed by atoms with van der Waals surface area (Å²) in [6.45, 7) is 7.78. The number of halogens is 1. The van der Waals surface area contributed by atoms with Gasteiger partial charge in [0.25, 0.3) is 0 Å². The van der Waals surface area contributed by atoms with Gasteiger partial charge >= 0.3 is 0 Å². The van der Waals surface area contributed by atoms with E-state index in [9.17, 15) is 0 Å². The molecule has 7 nitrogen and oxygen atoms in total. The standard InChI is InChI=1S/C12H22ClN5O2/c1-3-19-7-5-18(6-8-20-4-2)11-10(13)9-15-12(16-11)17-14/h9H,3-8,14H2,1-2H3,(H,15,16,17). The van der Waals surface area contributed by atoms with Crippen LogP contribution in [0.2, 0.25) is 5.02 Å². The number of aromatic nitrogens is 2. The quantitative estimate of drug-likeness (QED) is 0.383. The molecule has 20 heavy (non-hydrogen) atoms. The van der Waals surface area contributed by atoms with Crippen molar-refractivity contribution in [1.29, 1.82) is 0 Å². The fourth-order valence-electron chi connectivity index (χ4n) is 1.61. The minimum atomic E-state index is 0.321. The number of nitrogens with zero attached hydrogens (tertiary/aromatic N) is 3. The third-order valence-electron chi connectivity index (χ3n) is 2.57. The van der Waals surface area contributed by atoms with Crippen molar-refractivity contribution in [2.24, 2.45) is 5.84 Å². The Bertz CT molecular complexity index is 384. The van der Waals surface area contributed by atoms with Crippen LogP contribution in [0.4, 0.5) is 11.8 Å². The van der Waals surface area contributed by atoms with Gasteiger partial charge in [0.05, 0.1) is 19.4 Å². The van der Waals surface area contributed by atoms with Crippen LogP contribution in [0, 0.1) is 0 Å². The smallest absolute Gasteiger partial charge is 0.239 e. The molecule has 0 atom stereocenters. The summed E-state index contributed by atoms with van der Waals surface area (Å²) in [5.41, 5.74) is 2.41. The lowest BCUT2D eigenvalue weighted by molar-refractivity contribution is 0.141. The molecule has 0 aliphatic rings. The molecule has 0 saturated heterocycles. The Morgan fingerprint density at radius 2 is 1.85 bits per heavy atom. The number of nitrogens with two attached hydrogens (primary N) is 1. The molecule has 0 aliphatic heterocycles. The van der Waals surface area contributed by atoms with Crippen molar-refractivity contribution in [2.75, 3.05) is 49.8 Å². The highest BCUT2D eigenvalue weighted by atomic mass is 35.5. The molecule has 0 bridgehead atoms. The Morgan fingerprint density at radius 3 is 2.35 bits per heavy atom. The molecule has 0 unspecified atom stereocenters. The molecule has 0 fully saturated rings. The van der Waals surface area contributed by atoms with E-state index in [2.05, 4.69) is 15.4 Å². The third-order valence-corrected chi connectivity index (χ3v) is 2.84. The number of hydrogen-bond donors (Lipinski definition) is 2. The first-order valence-corrected chi connectivity index (χ1v) is 7.00. The van der Waals surface area contributed by atoms with Crippen LogP contribution in [0.5, 0.6) is 0 Å². The van der Waals surface area contributed by atoms with E-state index in [1.165, 1.54) is 6.20 Å². The van der Waals surface area contributed by atoms with Gasteiger partial charge in [0.2, 0.25) is 5.95 Å². The number of ether oxygens (including phenoxy) is 2. The van der Waals surface area contributed by atoms with Crippen LogP contribution in [0.3, 0.4) is 0 Å². The second kappa shape index (κ2) is 9.71. The van der Waals surface area contributed by atoms with Crippen LogP contribution >= 0.6 is 11.6 Å². The normalized spacial score (nSPS) is 10.6. The Hall–Kier alpha value is -1.15. The Morgan fingerprint density at radius 1 is 1.25 bits per heavy atom. The van der Waals surface area contributed by atoms with Gasteiger partial charge in [0.15, 0.2) is 5.82 Å². The molecule has 3 N–H and O–H groups in total. The molecular weight excluding hydrogens is 282 g/mol. The molecule has 0 saturated carbocycles. The molecule has 0 spiro atoms. The van der Waals surface area contributed by atoms with E-state index < -0.39 is 0 Å². The maximum atomic E-state index is 6.16. The average Bonchev–Trinajstić information content (AvgIpc) is 2.47. The minimum absolute atomic E-state index is 0.321. The van der Waals surface area contributed by atoms with Crippen LogP contribution < -0.4 is 16.2 Å². The number of anilines is 2. The van der Waals surface area contributed by atoms with Crippen LogP contribution in [0.25, 0.3) is 0 Å². The van der Waals surface area contributed by atoms with Gasteiger partial charge in [0.1, 0.15) is 5.02 Å². The lowest BCUT2D eigenvalue weighted by atomic mass is 10.4. The highest BCUT2D eigenvalue weighted by Gasteiger charge is 2.13. The first-order valence-electron chi connectivity index (χ1n) is 6.62. The Kier molecular flexibility index (Phi) is 8.20. The zero-order chi connectivity index (χ0) is 14.8. The second-order valence-electron chi connectivity index (χ2n) is 3.89. The lowest BCUT2D eigenvalue weighted by Crippen LogP contribution is -2.32. The predicted molar refractivity (Wildman–Crippen MR) is 80.1 cm³/mol. The van der Waals surface area contributed by atoms with E-state index in [0.29, 0.717) is 56.3 Å². The molecule has 1 aromatic heterocycles. The molecule has 0 amide bonds. The fraction of sp³-hybridized carbons (Fsp3) is 0.667. The molecule has 0 aliphatic carbocycles. The number of hydrazine groups is 1. The van der Waals surface area contributed by atoms with Crippen LogP contribution in [-0.4, -0.2) is 49.5 Å². The maximum absolute atomic E-state index is 6.16. The fourth-order valence-corrected chi connectivity index (χ4v) is 1.82. The zero-order valence-electron chi connectivity index (χ0n) is 11.9. The van der Waals surface area contributed by atoms with Crippen molar-refractivity contribution in [3.05, 3.63) is 11.2 Å². The Labute approximate surface area is 124 Å². The molecule has 1 heterocycles. The summed E-state index contributed by atoms with van der Waals surface area (Å²) in [5, 5.41) is 0.469. The van der Waals surface area contributed by atoms with E-state index in [0.717, 1.165) is 0 Å². The second-order valence-corrected chi connectivity index (χ2v) is 4.30. The summed E-state index contributed by atoms with van der Waals surface area (Å²) in [7, 11) is 0. The predicted octanol–water partition coefficient (Wildman–Crippen LogP) is 1.29. The molecule has 114 valence electrons. The topological polar surface area (TPSA) is 85.5 Å². The molecule has 0 aromatic carbocycles. The van der Waals surface area contributed by atoms with Gasteiger partial charge in [-0.25, -0.2) is 10.8 Å². The van der Waals surface area contributed by atoms with E-state index in [1.807, 2.05) is 18.7 Å². The number of nitrogen functional groups attached to an aromatic ring is 1. The lowest BCUT2D eigenvalue weighted by Gasteiger charge is -2.24. The maximum Gasteiger partial charge on any atom is 0.239 e. The number of rotatable bonds is 10. The number of nitrogens with one attached hydrogen (secondary N) is 1. The summed E-state index contributed by atoms with van der Waals surface area (Å²) < 4.78 is 10.8. The van der Waals surface area contributed by atoms with Gasteiger partial charge in [-0.2, -0.15) is 4.98 Å². The highest BCUT2D eigenvalue weighted by molar-refractivity contribution is 6.32. The first kappa shape index (κ1) is 16.9. The average molecular weight is 304 g/mol. The Balaban J connectivity index is 2.78. The van der Waals surface area contributed by atoms with E-state index in [4.69, 9.17) is 26.9 Å². The van der Waals surface area contributed by atoms with Crippen molar-refractivity contribution in [3.8, 4) is 0 Å². The van der Waals surface area contributed by atoms with Gasteiger partial charge < -0.3 is 14.4 Å². The molecule has 1 rings (SSSR count). The van der Waals surface area contributed by atoms with Crippen LogP contribution in [-0.2, 0) is 9.47 Å². The summed E-state index contributed by atoms with van der Waals surface area (Å²) in [5.74, 6) is 6.27. The van der Waals surface area contributed by atoms with Crippen molar-refractivity contribution in [2.45, 2.75) is 13.8 Å². The van der Waals surface area contributed by atoms with E-state index in [1.54, 1.807) is 0 Å². The minimum Gasteiger partial charge on any atom is -0.380 e. The number of hydrogen-bond acceptors (Lipinski definition) is 7. The zero-order valence-corrected chi connectivity index (χ0v) is 12.7. The van der Waals surface area contributed by atoms with Gasteiger partial charge in [-0.15, -0.1) is 0 Å². The van der Waals surface area contributed by atoms with Gasteiger partial charge in [-0.1, -0.05) is 11.6 Å².